The van der Waals surface area contributed by atoms with Crippen molar-refractivity contribution >= 4 is 40.6 Å². The number of aryl methyl sites for hydroxylation is 1. The predicted octanol–water partition coefficient (Wildman–Crippen LogP) is 6.02. The van der Waals surface area contributed by atoms with Crippen molar-refractivity contribution in [3.8, 4) is 0 Å². The fraction of sp³-hybridized carbons (Fsp3) is 0.107. The van der Waals surface area contributed by atoms with E-state index in [4.69, 9.17) is 11.6 Å². The molecule has 0 radical (unpaired) electrons. The van der Waals surface area contributed by atoms with E-state index in [0.717, 1.165) is 11.1 Å². The number of hydrogen-bond donors (Lipinski definition) is 3. The highest BCUT2D eigenvalue weighted by Crippen LogP contribution is 2.38. The van der Waals surface area contributed by atoms with Gasteiger partial charge in [0, 0.05) is 22.1 Å². The number of nitrogens with zero attached hydrogens (tertiary/aromatic N) is 2. The summed E-state index contributed by atoms with van der Waals surface area (Å²) in [4.78, 5) is 26.7. The monoisotopic (exact) mass is 497 g/mol. The minimum Gasteiger partial charge on any atom is -0.343 e. The van der Waals surface area contributed by atoms with Crippen LogP contribution >= 0.6 is 11.6 Å². The molecule has 0 spiro atoms. The summed E-state index contributed by atoms with van der Waals surface area (Å²) in [5.41, 5.74) is 4.80. The molecule has 0 unspecified atom stereocenters. The van der Waals surface area contributed by atoms with E-state index in [9.17, 15) is 9.59 Å². The SMILES string of the molecule is CC1=C(C(=O)Nc2ccc(Cl)cc2)[C@H](c2ccccc2)n2ncc(C(=O)Nc3ccc(C)cc3)c2N1. The molecule has 1 aliphatic heterocycles. The van der Waals surface area contributed by atoms with Crippen LogP contribution in [-0.4, -0.2) is 21.6 Å². The Bertz CT molecular complexity index is 1460. The molecule has 36 heavy (non-hydrogen) atoms. The van der Waals surface area contributed by atoms with E-state index in [1.165, 1.54) is 6.20 Å². The van der Waals surface area contributed by atoms with Gasteiger partial charge in [0.25, 0.3) is 11.8 Å². The number of benzene rings is 3. The molecule has 3 N–H and O–H groups in total. The standard InChI is InChI=1S/C28H24ClN5O2/c1-17-8-12-21(13-9-17)32-27(35)23-16-30-34-25(19-6-4-3-5-7-19)24(18(2)31-26(23)34)28(36)33-22-14-10-20(29)11-15-22/h3-16,25,31H,1-2H3,(H,32,35)(H,33,36)/t25-/m0/s1. The van der Waals surface area contributed by atoms with E-state index in [-0.39, 0.29) is 11.8 Å². The van der Waals surface area contributed by atoms with Crippen LogP contribution in [0.5, 0.6) is 0 Å². The minimum atomic E-state index is -0.532. The summed E-state index contributed by atoms with van der Waals surface area (Å²) in [6, 6.07) is 23.6. The summed E-state index contributed by atoms with van der Waals surface area (Å²) >= 11 is 5.99. The van der Waals surface area contributed by atoms with Gasteiger partial charge < -0.3 is 16.0 Å². The summed E-state index contributed by atoms with van der Waals surface area (Å²) < 4.78 is 1.68. The van der Waals surface area contributed by atoms with Crippen LogP contribution < -0.4 is 16.0 Å². The van der Waals surface area contributed by atoms with E-state index in [0.29, 0.717) is 39.0 Å². The molecule has 0 saturated heterocycles. The minimum absolute atomic E-state index is 0.275. The van der Waals surface area contributed by atoms with Gasteiger partial charge in [-0.15, -0.1) is 0 Å². The summed E-state index contributed by atoms with van der Waals surface area (Å²) in [7, 11) is 0. The molecule has 0 saturated carbocycles. The van der Waals surface area contributed by atoms with Gasteiger partial charge in [0.2, 0.25) is 0 Å². The zero-order chi connectivity index (χ0) is 25.2. The first kappa shape index (κ1) is 23.4. The number of carbonyl (C=O) groups is 2. The summed E-state index contributed by atoms with van der Waals surface area (Å²) in [6.45, 7) is 3.81. The number of aromatic nitrogens is 2. The second kappa shape index (κ2) is 9.71. The van der Waals surface area contributed by atoms with E-state index in [1.54, 1.807) is 28.9 Å². The van der Waals surface area contributed by atoms with Crippen molar-refractivity contribution in [1.82, 2.24) is 9.78 Å². The van der Waals surface area contributed by atoms with Crippen LogP contribution in [0.4, 0.5) is 17.2 Å². The van der Waals surface area contributed by atoms with Crippen LogP contribution in [0, 0.1) is 6.92 Å². The number of rotatable bonds is 5. The summed E-state index contributed by atoms with van der Waals surface area (Å²) in [5, 5.41) is 14.2. The molecule has 1 atom stereocenters. The normalized spacial score (nSPS) is 14.6. The Balaban J connectivity index is 1.51. The highest BCUT2D eigenvalue weighted by atomic mass is 35.5. The van der Waals surface area contributed by atoms with Gasteiger partial charge in [-0.3, -0.25) is 9.59 Å². The maximum absolute atomic E-state index is 13.5. The molecular weight excluding hydrogens is 474 g/mol. The van der Waals surface area contributed by atoms with Gasteiger partial charge in [-0.2, -0.15) is 5.10 Å². The van der Waals surface area contributed by atoms with Gasteiger partial charge in [-0.1, -0.05) is 59.6 Å². The Labute approximate surface area is 213 Å². The van der Waals surface area contributed by atoms with Crippen LogP contribution in [0.25, 0.3) is 0 Å². The lowest BCUT2D eigenvalue weighted by Crippen LogP contribution is -2.32. The van der Waals surface area contributed by atoms with Crippen molar-refractivity contribution < 1.29 is 9.59 Å². The molecular formula is C28H24ClN5O2. The second-order valence-electron chi connectivity index (χ2n) is 8.61. The Kier molecular flexibility index (Phi) is 6.31. The first-order valence-corrected chi connectivity index (χ1v) is 11.8. The number of hydrogen-bond acceptors (Lipinski definition) is 4. The lowest BCUT2D eigenvalue weighted by molar-refractivity contribution is -0.113. The Morgan fingerprint density at radius 2 is 1.47 bits per heavy atom. The van der Waals surface area contributed by atoms with E-state index >= 15 is 0 Å². The number of fused-ring (bicyclic) bond motifs is 1. The number of nitrogens with one attached hydrogen (secondary N) is 3. The molecule has 7 nitrogen and oxygen atoms in total. The number of anilines is 3. The zero-order valence-electron chi connectivity index (χ0n) is 19.7. The average Bonchev–Trinajstić information content (AvgIpc) is 3.30. The number of halogens is 1. The van der Waals surface area contributed by atoms with Gasteiger partial charge in [-0.05, 0) is 55.8 Å². The van der Waals surface area contributed by atoms with Gasteiger partial charge in [0.15, 0.2) is 0 Å². The van der Waals surface area contributed by atoms with E-state index in [1.807, 2.05) is 68.4 Å². The highest BCUT2D eigenvalue weighted by molar-refractivity contribution is 6.30. The van der Waals surface area contributed by atoms with Crippen molar-refractivity contribution in [2.45, 2.75) is 19.9 Å². The lowest BCUT2D eigenvalue weighted by Gasteiger charge is -2.30. The second-order valence-corrected chi connectivity index (χ2v) is 9.05. The first-order valence-electron chi connectivity index (χ1n) is 11.5. The molecule has 2 amide bonds. The van der Waals surface area contributed by atoms with Gasteiger partial charge in [0.1, 0.15) is 17.4 Å². The molecule has 2 heterocycles. The van der Waals surface area contributed by atoms with Crippen molar-refractivity contribution in [3.63, 3.8) is 0 Å². The Hall–Kier alpha value is -4.36. The molecule has 8 heteroatoms. The maximum Gasteiger partial charge on any atom is 0.261 e. The zero-order valence-corrected chi connectivity index (χ0v) is 20.5. The van der Waals surface area contributed by atoms with Crippen LogP contribution in [0.15, 0.2) is 96.3 Å². The van der Waals surface area contributed by atoms with Crippen molar-refractivity contribution in [3.05, 3.63) is 118 Å². The number of allylic oxidation sites excluding steroid dienone is 1. The topological polar surface area (TPSA) is 88.0 Å². The first-order chi connectivity index (χ1) is 17.4. The molecule has 5 rings (SSSR count). The van der Waals surface area contributed by atoms with Crippen molar-refractivity contribution in [2.75, 3.05) is 16.0 Å². The molecule has 0 aliphatic carbocycles. The fourth-order valence-electron chi connectivity index (χ4n) is 4.23. The van der Waals surface area contributed by atoms with E-state index in [2.05, 4.69) is 21.0 Å². The summed E-state index contributed by atoms with van der Waals surface area (Å²) in [5.74, 6) is -0.0433. The van der Waals surface area contributed by atoms with E-state index < -0.39 is 6.04 Å². The average molecular weight is 498 g/mol. The molecule has 4 aromatic rings. The number of carbonyl (C=O) groups excluding carboxylic acids is 2. The third kappa shape index (κ3) is 4.61. The molecule has 180 valence electrons. The molecule has 0 fully saturated rings. The highest BCUT2D eigenvalue weighted by Gasteiger charge is 2.35. The summed E-state index contributed by atoms with van der Waals surface area (Å²) in [6.07, 6.45) is 1.52. The van der Waals surface area contributed by atoms with Crippen molar-refractivity contribution in [2.24, 2.45) is 0 Å². The molecule has 1 aromatic heterocycles. The largest absolute Gasteiger partial charge is 0.343 e. The van der Waals surface area contributed by atoms with Gasteiger partial charge in [-0.25, -0.2) is 4.68 Å². The molecule has 1 aliphatic rings. The van der Waals surface area contributed by atoms with Gasteiger partial charge >= 0.3 is 0 Å². The van der Waals surface area contributed by atoms with Crippen LogP contribution in [0.2, 0.25) is 5.02 Å². The lowest BCUT2D eigenvalue weighted by atomic mass is 9.94. The van der Waals surface area contributed by atoms with Crippen LogP contribution in [0.1, 0.15) is 34.5 Å². The predicted molar refractivity (Wildman–Crippen MR) is 142 cm³/mol. The van der Waals surface area contributed by atoms with Gasteiger partial charge in [0.05, 0.1) is 11.8 Å². The third-order valence-electron chi connectivity index (χ3n) is 6.04. The maximum atomic E-state index is 13.5. The Morgan fingerprint density at radius 3 is 2.14 bits per heavy atom. The fourth-order valence-corrected chi connectivity index (χ4v) is 4.35. The van der Waals surface area contributed by atoms with Crippen molar-refractivity contribution in [1.29, 1.82) is 0 Å². The van der Waals surface area contributed by atoms with Crippen LogP contribution in [0.3, 0.4) is 0 Å². The molecule has 3 aromatic carbocycles. The smallest absolute Gasteiger partial charge is 0.261 e. The molecule has 0 bridgehead atoms. The van der Waals surface area contributed by atoms with Crippen LogP contribution in [-0.2, 0) is 4.79 Å². The number of amides is 2. The third-order valence-corrected chi connectivity index (χ3v) is 6.29. The Morgan fingerprint density at radius 1 is 0.861 bits per heavy atom. The quantitative estimate of drug-likeness (QED) is 0.314.